The van der Waals surface area contributed by atoms with Crippen LogP contribution in [0, 0.1) is 6.92 Å². The molecule has 0 bridgehead atoms. The van der Waals surface area contributed by atoms with Crippen LogP contribution >= 0.6 is 0 Å². The monoisotopic (exact) mass is 244 g/mol. The minimum atomic E-state index is -0.185. The molecule has 0 radical (unpaired) electrons. The number of rotatable bonds is 2. The molecule has 0 aromatic carbocycles. The molecule has 18 heavy (non-hydrogen) atoms. The summed E-state index contributed by atoms with van der Waals surface area (Å²) in [5.41, 5.74) is 1.52. The van der Waals surface area contributed by atoms with E-state index in [0.717, 1.165) is 30.8 Å². The molecular formula is C13H16N4O. The first-order valence-electron chi connectivity index (χ1n) is 6.21. The lowest BCUT2D eigenvalue weighted by atomic mass is 10.0. The molecule has 1 saturated heterocycles. The normalized spacial score (nSPS) is 23.4. The van der Waals surface area contributed by atoms with Gasteiger partial charge in [-0.2, -0.15) is 4.98 Å². The summed E-state index contributed by atoms with van der Waals surface area (Å²) in [6, 6.07) is 5.79. The van der Waals surface area contributed by atoms with E-state index in [0.29, 0.717) is 11.7 Å². The van der Waals surface area contributed by atoms with Gasteiger partial charge in [-0.3, -0.25) is 0 Å². The van der Waals surface area contributed by atoms with Gasteiger partial charge in [0.05, 0.1) is 5.54 Å². The van der Waals surface area contributed by atoms with Crippen molar-refractivity contribution in [2.24, 2.45) is 0 Å². The summed E-state index contributed by atoms with van der Waals surface area (Å²) in [6.07, 6.45) is 2.16. The smallest absolute Gasteiger partial charge is 0.247 e. The molecule has 1 atom stereocenters. The summed E-state index contributed by atoms with van der Waals surface area (Å²) in [5.74, 6) is 1.21. The third-order valence-corrected chi connectivity index (χ3v) is 3.38. The maximum absolute atomic E-state index is 5.38. The van der Waals surface area contributed by atoms with Crippen molar-refractivity contribution in [2.75, 3.05) is 6.54 Å². The van der Waals surface area contributed by atoms with Gasteiger partial charge in [-0.1, -0.05) is 11.2 Å². The molecule has 0 amide bonds. The van der Waals surface area contributed by atoms with Crippen LogP contribution < -0.4 is 5.32 Å². The third kappa shape index (κ3) is 1.90. The average molecular weight is 244 g/mol. The Hall–Kier alpha value is -1.75. The summed E-state index contributed by atoms with van der Waals surface area (Å²) >= 11 is 0. The number of hydrogen-bond donors (Lipinski definition) is 1. The second-order valence-electron chi connectivity index (χ2n) is 4.95. The lowest BCUT2D eigenvalue weighted by Crippen LogP contribution is -2.33. The van der Waals surface area contributed by atoms with E-state index in [4.69, 9.17) is 4.52 Å². The van der Waals surface area contributed by atoms with E-state index in [2.05, 4.69) is 27.4 Å². The van der Waals surface area contributed by atoms with Crippen LogP contribution in [-0.4, -0.2) is 21.7 Å². The largest absolute Gasteiger partial charge is 0.337 e. The average Bonchev–Trinajstić information content (AvgIpc) is 2.98. The quantitative estimate of drug-likeness (QED) is 0.875. The van der Waals surface area contributed by atoms with Crippen LogP contribution in [0.15, 0.2) is 22.7 Å². The van der Waals surface area contributed by atoms with Crippen molar-refractivity contribution in [1.82, 2.24) is 20.4 Å². The Morgan fingerprint density at radius 1 is 1.33 bits per heavy atom. The fourth-order valence-corrected chi connectivity index (χ4v) is 2.30. The van der Waals surface area contributed by atoms with E-state index in [-0.39, 0.29) is 5.54 Å². The van der Waals surface area contributed by atoms with E-state index in [1.165, 1.54) is 0 Å². The molecule has 1 unspecified atom stereocenters. The van der Waals surface area contributed by atoms with Gasteiger partial charge < -0.3 is 9.84 Å². The maximum atomic E-state index is 5.38. The maximum Gasteiger partial charge on any atom is 0.247 e. The summed E-state index contributed by atoms with van der Waals surface area (Å²) in [7, 11) is 0. The van der Waals surface area contributed by atoms with Crippen LogP contribution in [0.3, 0.4) is 0 Å². The Bertz CT molecular complexity index is 558. The molecule has 1 N–H and O–H groups in total. The summed E-state index contributed by atoms with van der Waals surface area (Å²) in [5, 5.41) is 7.44. The standard InChI is InChI=1S/C13H16N4O/c1-9-5-3-6-10(15-9)11-16-12(18-17-11)13(2)7-4-8-14-13/h3,5-6,14H,4,7-8H2,1-2H3. The lowest BCUT2D eigenvalue weighted by molar-refractivity contribution is 0.275. The van der Waals surface area contributed by atoms with Gasteiger partial charge in [-0.25, -0.2) is 4.98 Å². The number of pyridine rings is 1. The second-order valence-corrected chi connectivity index (χ2v) is 4.95. The molecule has 0 spiro atoms. The zero-order chi connectivity index (χ0) is 12.6. The Labute approximate surface area is 106 Å². The number of hydrogen-bond acceptors (Lipinski definition) is 5. The van der Waals surface area contributed by atoms with E-state index < -0.39 is 0 Å². The zero-order valence-electron chi connectivity index (χ0n) is 10.6. The topological polar surface area (TPSA) is 63.8 Å². The lowest BCUT2D eigenvalue weighted by Gasteiger charge is -2.18. The van der Waals surface area contributed by atoms with Gasteiger partial charge in [-0.15, -0.1) is 0 Å². The second kappa shape index (κ2) is 4.17. The van der Waals surface area contributed by atoms with Gasteiger partial charge in [-0.05, 0) is 45.4 Å². The molecule has 2 aromatic rings. The molecule has 2 aromatic heterocycles. The first-order chi connectivity index (χ1) is 8.67. The van der Waals surface area contributed by atoms with Crippen molar-refractivity contribution >= 4 is 0 Å². The van der Waals surface area contributed by atoms with Crippen LogP contribution in [0.4, 0.5) is 0 Å². The molecule has 0 aliphatic carbocycles. The predicted octanol–water partition coefficient (Wildman–Crippen LogP) is 2.04. The van der Waals surface area contributed by atoms with E-state index >= 15 is 0 Å². The molecular weight excluding hydrogens is 228 g/mol. The fraction of sp³-hybridized carbons (Fsp3) is 0.462. The van der Waals surface area contributed by atoms with Gasteiger partial charge in [0.25, 0.3) is 0 Å². The van der Waals surface area contributed by atoms with Crippen LogP contribution in [0.1, 0.15) is 31.4 Å². The molecule has 3 heterocycles. The highest BCUT2D eigenvalue weighted by atomic mass is 16.5. The van der Waals surface area contributed by atoms with Gasteiger partial charge in [0.1, 0.15) is 5.69 Å². The number of aryl methyl sites for hydroxylation is 1. The molecule has 3 rings (SSSR count). The molecule has 1 aliphatic heterocycles. The first-order valence-corrected chi connectivity index (χ1v) is 6.21. The Morgan fingerprint density at radius 3 is 2.94 bits per heavy atom. The van der Waals surface area contributed by atoms with E-state index in [9.17, 15) is 0 Å². The zero-order valence-corrected chi connectivity index (χ0v) is 10.6. The number of nitrogens with one attached hydrogen (secondary N) is 1. The molecule has 5 heteroatoms. The van der Waals surface area contributed by atoms with E-state index in [1.54, 1.807) is 0 Å². The number of aromatic nitrogens is 3. The Morgan fingerprint density at radius 2 is 2.22 bits per heavy atom. The molecule has 94 valence electrons. The highest BCUT2D eigenvalue weighted by Crippen LogP contribution is 2.29. The molecule has 0 saturated carbocycles. The van der Waals surface area contributed by atoms with E-state index in [1.807, 2.05) is 25.1 Å². The fourth-order valence-electron chi connectivity index (χ4n) is 2.30. The van der Waals surface area contributed by atoms with Gasteiger partial charge in [0.15, 0.2) is 0 Å². The molecule has 1 aliphatic rings. The summed E-state index contributed by atoms with van der Waals surface area (Å²) in [4.78, 5) is 8.87. The Balaban J connectivity index is 1.94. The first kappa shape index (κ1) is 11.3. The highest BCUT2D eigenvalue weighted by Gasteiger charge is 2.35. The van der Waals surface area contributed by atoms with Crippen molar-refractivity contribution in [3.63, 3.8) is 0 Å². The minimum absolute atomic E-state index is 0.185. The van der Waals surface area contributed by atoms with Crippen molar-refractivity contribution in [1.29, 1.82) is 0 Å². The summed E-state index contributed by atoms with van der Waals surface area (Å²) in [6.45, 7) is 5.04. The van der Waals surface area contributed by atoms with Crippen molar-refractivity contribution < 1.29 is 4.52 Å². The SMILES string of the molecule is Cc1cccc(-c2noc(C3(C)CCCN3)n2)n1. The van der Waals surface area contributed by atoms with Crippen LogP contribution in [-0.2, 0) is 5.54 Å². The predicted molar refractivity (Wildman–Crippen MR) is 66.9 cm³/mol. The number of nitrogens with zero attached hydrogens (tertiary/aromatic N) is 3. The van der Waals surface area contributed by atoms with Crippen molar-refractivity contribution in [3.8, 4) is 11.5 Å². The van der Waals surface area contributed by atoms with Crippen molar-refractivity contribution in [2.45, 2.75) is 32.2 Å². The van der Waals surface area contributed by atoms with Crippen LogP contribution in [0.5, 0.6) is 0 Å². The summed E-state index contributed by atoms with van der Waals surface area (Å²) < 4.78 is 5.38. The van der Waals surface area contributed by atoms with Gasteiger partial charge in [0, 0.05) is 5.69 Å². The van der Waals surface area contributed by atoms with Gasteiger partial charge in [0.2, 0.25) is 11.7 Å². The third-order valence-electron chi connectivity index (χ3n) is 3.38. The minimum Gasteiger partial charge on any atom is -0.337 e. The van der Waals surface area contributed by atoms with Crippen LogP contribution in [0.25, 0.3) is 11.5 Å². The molecule has 5 nitrogen and oxygen atoms in total. The highest BCUT2D eigenvalue weighted by molar-refractivity contribution is 5.48. The van der Waals surface area contributed by atoms with Gasteiger partial charge >= 0.3 is 0 Å². The van der Waals surface area contributed by atoms with Crippen molar-refractivity contribution in [3.05, 3.63) is 29.8 Å². The molecule has 1 fully saturated rings. The van der Waals surface area contributed by atoms with Crippen LogP contribution in [0.2, 0.25) is 0 Å². The Kier molecular flexibility index (Phi) is 2.63.